The van der Waals surface area contributed by atoms with Gasteiger partial charge in [0.15, 0.2) is 0 Å². The third-order valence-corrected chi connectivity index (χ3v) is 5.42. The lowest BCUT2D eigenvalue weighted by Gasteiger charge is -2.27. The Bertz CT molecular complexity index is 1010. The van der Waals surface area contributed by atoms with Crippen LogP contribution < -0.4 is 14.2 Å². The molecule has 32 heavy (non-hydrogen) atoms. The van der Waals surface area contributed by atoms with Gasteiger partial charge in [-0.1, -0.05) is 18.2 Å². The Hall–Kier alpha value is -3.52. The quantitative estimate of drug-likeness (QED) is 0.384. The summed E-state index contributed by atoms with van der Waals surface area (Å²) in [7, 11) is 8.26. The molecule has 1 heterocycles. The van der Waals surface area contributed by atoms with Crippen LogP contribution in [0.25, 0.3) is 5.76 Å². The standard InChI is InChI=1S/C24H28N2O6/c1-25(2)13-14-26-21(15-9-11-16(30-3)12-10-15)20(23(28)24(26)29)22(27)19-17(31-4)7-6-8-18(19)32-5/h6-12,21,27H,13-14H2,1-5H3/b22-20+. The largest absolute Gasteiger partial charge is 0.506 e. The van der Waals surface area contributed by atoms with Gasteiger partial charge in [-0.2, -0.15) is 0 Å². The molecule has 0 bridgehead atoms. The Morgan fingerprint density at radius 3 is 2.06 bits per heavy atom. The first-order chi connectivity index (χ1) is 15.3. The Morgan fingerprint density at radius 2 is 1.56 bits per heavy atom. The van der Waals surface area contributed by atoms with Crippen molar-refractivity contribution in [2.45, 2.75) is 6.04 Å². The van der Waals surface area contributed by atoms with E-state index in [0.29, 0.717) is 35.9 Å². The molecule has 0 aliphatic carbocycles. The van der Waals surface area contributed by atoms with Crippen LogP contribution in [-0.4, -0.2) is 75.1 Å². The highest BCUT2D eigenvalue weighted by molar-refractivity contribution is 6.46. The second kappa shape index (κ2) is 9.74. The summed E-state index contributed by atoms with van der Waals surface area (Å²) in [6.07, 6.45) is 0. The van der Waals surface area contributed by atoms with Crippen molar-refractivity contribution in [2.24, 2.45) is 0 Å². The first-order valence-corrected chi connectivity index (χ1v) is 10.1. The van der Waals surface area contributed by atoms with Crippen LogP contribution in [0.5, 0.6) is 17.2 Å². The van der Waals surface area contributed by atoms with Crippen molar-refractivity contribution in [3.63, 3.8) is 0 Å². The maximum absolute atomic E-state index is 13.2. The lowest BCUT2D eigenvalue weighted by molar-refractivity contribution is -0.140. The molecule has 0 radical (unpaired) electrons. The molecule has 1 atom stereocenters. The minimum Gasteiger partial charge on any atom is -0.506 e. The number of Topliss-reactive ketones (excluding diaryl/α,β-unsaturated/α-hetero) is 1. The van der Waals surface area contributed by atoms with Gasteiger partial charge in [-0.15, -0.1) is 0 Å². The van der Waals surface area contributed by atoms with Gasteiger partial charge >= 0.3 is 0 Å². The van der Waals surface area contributed by atoms with E-state index >= 15 is 0 Å². The third kappa shape index (κ3) is 4.27. The normalized spacial score (nSPS) is 17.7. The molecule has 0 saturated carbocycles. The van der Waals surface area contributed by atoms with E-state index in [9.17, 15) is 14.7 Å². The number of rotatable bonds is 8. The van der Waals surface area contributed by atoms with Crippen molar-refractivity contribution in [3.05, 3.63) is 59.2 Å². The van der Waals surface area contributed by atoms with Gasteiger partial charge in [-0.3, -0.25) is 9.59 Å². The van der Waals surface area contributed by atoms with E-state index in [1.165, 1.54) is 19.1 Å². The average Bonchev–Trinajstić information content (AvgIpc) is 3.06. The molecule has 1 saturated heterocycles. The third-order valence-electron chi connectivity index (χ3n) is 5.42. The number of nitrogens with zero attached hydrogens (tertiary/aromatic N) is 2. The van der Waals surface area contributed by atoms with E-state index in [4.69, 9.17) is 14.2 Å². The maximum Gasteiger partial charge on any atom is 0.295 e. The van der Waals surface area contributed by atoms with Gasteiger partial charge in [-0.05, 0) is 43.9 Å². The molecule has 170 valence electrons. The van der Waals surface area contributed by atoms with Crippen molar-refractivity contribution in [2.75, 3.05) is 48.5 Å². The molecule has 8 heteroatoms. The van der Waals surface area contributed by atoms with E-state index in [2.05, 4.69) is 0 Å². The molecular weight excluding hydrogens is 412 g/mol. The van der Waals surface area contributed by atoms with Crippen molar-refractivity contribution in [1.82, 2.24) is 9.80 Å². The fourth-order valence-electron chi connectivity index (χ4n) is 3.77. The Morgan fingerprint density at radius 1 is 0.969 bits per heavy atom. The van der Waals surface area contributed by atoms with Gasteiger partial charge in [0, 0.05) is 13.1 Å². The highest BCUT2D eigenvalue weighted by Gasteiger charge is 2.46. The molecule has 0 spiro atoms. The van der Waals surface area contributed by atoms with Gasteiger partial charge < -0.3 is 29.1 Å². The highest BCUT2D eigenvalue weighted by atomic mass is 16.5. The van der Waals surface area contributed by atoms with Crippen LogP contribution >= 0.6 is 0 Å². The molecule has 3 rings (SSSR count). The first-order valence-electron chi connectivity index (χ1n) is 10.1. The van der Waals surface area contributed by atoms with E-state index in [-0.39, 0.29) is 16.9 Å². The zero-order chi connectivity index (χ0) is 23.4. The van der Waals surface area contributed by atoms with Gasteiger partial charge in [-0.25, -0.2) is 0 Å². The zero-order valence-corrected chi connectivity index (χ0v) is 18.9. The molecule has 0 aromatic heterocycles. The van der Waals surface area contributed by atoms with Crippen LogP contribution in [0.4, 0.5) is 0 Å². The van der Waals surface area contributed by atoms with Crippen LogP contribution in [0.1, 0.15) is 17.2 Å². The summed E-state index contributed by atoms with van der Waals surface area (Å²) < 4.78 is 16.0. The Kier molecular flexibility index (Phi) is 7.05. The number of aliphatic hydroxyl groups excluding tert-OH is 1. The summed E-state index contributed by atoms with van der Waals surface area (Å²) >= 11 is 0. The van der Waals surface area contributed by atoms with Crippen molar-refractivity contribution >= 4 is 17.4 Å². The molecule has 1 amide bonds. The second-order valence-electron chi connectivity index (χ2n) is 7.61. The predicted octanol–water partition coefficient (Wildman–Crippen LogP) is 2.70. The van der Waals surface area contributed by atoms with Crippen LogP contribution in [0.3, 0.4) is 0 Å². The fourth-order valence-corrected chi connectivity index (χ4v) is 3.77. The topological polar surface area (TPSA) is 88.5 Å². The molecule has 2 aromatic rings. The smallest absolute Gasteiger partial charge is 0.295 e. The Labute approximate surface area is 187 Å². The summed E-state index contributed by atoms with van der Waals surface area (Å²) in [6, 6.07) is 11.3. The minimum atomic E-state index is -0.768. The molecular formula is C24H28N2O6. The number of ether oxygens (including phenoxy) is 3. The number of methoxy groups -OCH3 is 3. The number of hydrogen-bond donors (Lipinski definition) is 1. The lowest BCUT2D eigenvalue weighted by atomic mass is 9.94. The molecule has 8 nitrogen and oxygen atoms in total. The van der Waals surface area contributed by atoms with E-state index in [1.807, 2.05) is 19.0 Å². The number of benzene rings is 2. The van der Waals surface area contributed by atoms with E-state index < -0.39 is 17.7 Å². The molecule has 1 fully saturated rings. The molecule has 1 unspecified atom stereocenters. The SMILES string of the molecule is COc1ccc(C2/C(=C(\O)c3c(OC)cccc3OC)C(=O)C(=O)N2CCN(C)C)cc1. The predicted molar refractivity (Wildman–Crippen MR) is 120 cm³/mol. The van der Waals surface area contributed by atoms with Gasteiger partial charge in [0.2, 0.25) is 0 Å². The summed E-state index contributed by atoms with van der Waals surface area (Å²) in [5, 5.41) is 11.3. The number of carbonyl (C=O) groups is 2. The highest BCUT2D eigenvalue weighted by Crippen LogP contribution is 2.43. The number of ketones is 1. The Balaban J connectivity index is 2.23. The van der Waals surface area contributed by atoms with Crippen molar-refractivity contribution in [1.29, 1.82) is 0 Å². The van der Waals surface area contributed by atoms with Crippen molar-refractivity contribution in [3.8, 4) is 17.2 Å². The van der Waals surface area contributed by atoms with Gasteiger partial charge in [0.25, 0.3) is 11.7 Å². The summed E-state index contributed by atoms with van der Waals surface area (Å²) in [5.74, 6) is -0.459. The minimum absolute atomic E-state index is 0.0123. The van der Waals surface area contributed by atoms with Gasteiger partial charge in [0.05, 0.1) is 32.9 Å². The number of likely N-dealkylation sites (N-methyl/N-ethyl adjacent to an activating group) is 1. The fraction of sp³-hybridized carbons (Fsp3) is 0.333. The molecule has 1 aliphatic heterocycles. The summed E-state index contributed by atoms with van der Waals surface area (Å²) in [5.41, 5.74) is 0.891. The second-order valence-corrected chi connectivity index (χ2v) is 7.61. The van der Waals surface area contributed by atoms with Crippen LogP contribution in [-0.2, 0) is 9.59 Å². The first kappa shape index (κ1) is 23.1. The number of amides is 1. The molecule has 1 aliphatic rings. The molecule has 2 aromatic carbocycles. The summed E-state index contributed by atoms with van der Waals surface area (Å²) in [6.45, 7) is 0.867. The number of hydrogen-bond acceptors (Lipinski definition) is 7. The van der Waals surface area contributed by atoms with E-state index in [0.717, 1.165) is 0 Å². The van der Waals surface area contributed by atoms with Crippen LogP contribution in [0, 0.1) is 0 Å². The number of likely N-dealkylation sites (tertiary alicyclic amines) is 1. The van der Waals surface area contributed by atoms with E-state index in [1.54, 1.807) is 49.6 Å². The monoisotopic (exact) mass is 440 g/mol. The van der Waals surface area contributed by atoms with Crippen LogP contribution in [0.2, 0.25) is 0 Å². The van der Waals surface area contributed by atoms with Crippen LogP contribution in [0.15, 0.2) is 48.0 Å². The average molecular weight is 440 g/mol. The molecule has 1 N–H and O–H groups in total. The maximum atomic E-state index is 13.2. The van der Waals surface area contributed by atoms with Gasteiger partial charge in [0.1, 0.15) is 28.6 Å². The zero-order valence-electron chi connectivity index (χ0n) is 18.9. The summed E-state index contributed by atoms with van der Waals surface area (Å²) in [4.78, 5) is 29.6. The number of carbonyl (C=O) groups excluding carboxylic acids is 2. The number of aliphatic hydroxyl groups is 1. The lowest BCUT2D eigenvalue weighted by Crippen LogP contribution is -2.35. The van der Waals surface area contributed by atoms with Crippen molar-refractivity contribution < 1.29 is 28.9 Å².